The number of amides is 2. The molecule has 1 heterocycles. The monoisotopic (exact) mass is 368 g/mol. The summed E-state index contributed by atoms with van der Waals surface area (Å²) in [6, 6.07) is 2.42. The van der Waals surface area contributed by atoms with Crippen LogP contribution in [0, 0.1) is 5.82 Å². The van der Waals surface area contributed by atoms with Crippen LogP contribution < -0.4 is 15.0 Å². The standard InChI is InChI=1S/C17H18ClFN2O4/c1-20-17(23)25-16-10-6-4-3-5-9(10)15(22)21(16)13-8-14(24-2)11(18)7-12(13)19/h7-8,16H,3-6H2,1-2H3,(H,20,23). The molecule has 0 bridgehead atoms. The summed E-state index contributed by atoms with van der Waals surface area (Å²) >= 11 is 5.94. The van der Waals surface area contributed by atoms with Crippen LogP contribution >= 0.6 is 11.6 Å². The molecule has 1 unspecified atom stereocenters. The summed E-state index contributed by atoms with van der Waals surface area (Å²) in [6.45, 7) is 0. The van der Waals surface area contributed by atoms with Gasteiger partial charge in [-0.15, -0.1) is 0 Å². The van der Waals surface area contributed by atoms with Crippen LogP contribution in [0.15, 0.2) is 23.3 Å². The van der Waals surface area contributed by atoms with Crippen molar-refractivity contribution in [1.29, 1.82) is 0 Å². The van der Waals surface area contributed by atoms with Gasteiger partial charge >= 0.3 is 6.09 Å². The first-order valence-electron chi connectivity index (χ1n) is 7.94. The number of hydrogen-bond acceptors (Lipinski definition) is 4. The molecule has 1 atom stereocenters. The Kier molecular flexibility index (Phi) is 4.85. The smallest absolute Gasteiger partial charge is 0.409 e. The summed E-state index contributed by atoms with van der Waals surface area (Å²) in [5, 5.41) is 2.45. The summed E-state index contributed by atoms with van der Waals surface area (Å²) < 4.78 is 25.1. The highest BCUT2D eigenvalue weighted by molar-refractivity contribution is 6.32. The molecule has 8 heteroatoms. The molecule has 134 valence electrons. The van der Waals surface area contributed by atoms with E-state index in [9.17, 15) is 14.0 Å². The highest BCUT2D eigenvalue weighted by Gasteiger charge is 2.44. The highest BCUT2D eigenvalue weighted by Crippen LogP contribution is 2.42. The predicted molar refractivity (Wildman–Crippen MR) is 90.3 cm³/mol. The van der Waals surface area contributed by atoms with Crippen LogP contribution in [0.2, 0.25) is 5.02 Å². The number of ether oxygens (including phenoxy) is 2. The van der Waals surface area contributed by atoms with E-state index in [4.69, 9.17) is 21.1 Å². The Hall–Kier alpha value is -2.28. The normalized spacial score (nSPS) is 19.8. The van der Waals surface area contributed by atoms with Gasteiger partial charge in [-0.3, -0.25) is 9.69 Å². The average Bonchev–Trinajstić information content (AvgIpc) is 2.88. The molecule has 0 saturated carbocycles. The van der Waals surface area contributed by atoms with Gasteiger partial charge in [0.1, 0.15) is 11.6 Å². The summed E-state index contributed by atoms with van der Waals surface area (Å²) in [4.78, 5) is 25.8. The molecular weight excluding hydrogens is 351 g/mol. The zero-order chi connectivity index (χ0) is 18.1. The van der Waals surface area contributed by atoms with Crippen LogP contribution in [0.25, 0.3) is 0 Å². The van der Waals surface area contributed by atoms with E-state index in [1.807, 2.05) is 0 Å². The molecule has 0 radical (unpaired) electrons. The maximum absolute atomic E-state index is 14.6. The zero-order valence-corrected chi connectivity index (χ0v) is 14.7. The number of alkyl carbamates (subject to hydrolysis) is 1. The minimum Gasteiger partial charge on any atom is -0.495 e. The molecule has 1 aliphatic heterocycles. The molecule has 1 aliphatic carbocycles. The van der Waals surface area contributed by atoms with Gasteiger partial charge in [0.2, 0.25) is 6.23 Å². The van der Waals surface area contributed by atoms with E-state index in [2.05, 4.69) is 5.32 Å². The van der Waals surface area contributed by atoms with E-state index < -0.39 is 18.1 Å². The number of carbonyl (C=O) groups excluding carboxylic acids is 2. The number of rotatable bonds is 3. The van der Waals surface area contributed by atoms with Crippen molar-refractivity contribution < 1.29 is 23.5 Å². The third kappa shape index (κ3) is 3.04. The van der Waals surface area contributed by atoms with Crippen molar-refractivity contribution in [3.05, 3.63) is 34.1 Å². The Morgan fingerprint density at radius 3 is 2.76 bits per heavy atom. The minimum absolute atomic E-state index is 0.0328. The Balaban J connectivity index is 2.07. The van der Waals surface area contributed by atoms with Gasteiger partial charge in [-0.05, 0) is 31.7 Å². The zero-order valence-electron chi connectivity index (χ0n) is 13.9. The van der Waals surface area contributed by atoms with Gasteiger partial charge in [0.25, 0.3) is 5.91 Å². The Morgan fingerprint density at radius 1 is 1.36 bits per heavy atom. The van der Waals surface area contributed by atoms with Gasteiger partial charge in [-0.1, -0.05) is 11.6 Å². The molecule has 1 aromatic carbocycles. The summed E-state index contributed by atoms with van der Waals surface area (Å²) in [7, 11) is 2.82. The SMILES string of the molecule is CNC(=O)OC1C2=C(CCCC2)C(=O)N1c1cc(OC)c(Cl)cc1F. The van der Waals surface area contributed by atoms with E-state index in [1.165, 1.54) is 25.1 Å². The summed E-state index contributed by atoms with van der Waals surface area (Å²) in [5.41, 5.74) is 1.29. The van der Waals surface area contributed by atoms with Crippen molar-refractivity contribution in [2.24, 2.45) is 0 Å². The van der Waals surface area contributed by atoms with E-state index >= 15 is 0 Å². The Bertz CT molecular complexity index is 765. The number of hydrogen-bond donors (Lipinski definition) is 1. The summed E-state index contributed by atoms with van der Waals surface area (Å²) in [6.07, 6.45) is 1.32. The third-order valence-electron chi connectivity index (χ3n) is 4.42. The van der Waals surface area contributed by atoms with E-state index in [0.29, 0.717) is 18.4 Å². The van der Waals surface area contributed by atoms with Gasteiger partial charge in [0, 0.05) is 24.3 Å². The fourth-order valence-corrected chi connectivity index (χ4v) is 3.46. The van der Waals surface area contributed by atoms with Crippen molar-refractivity contribution in [2.45, 2.75) is 31.9 Å². The van der Waals surface area contributed by atoms with Crippen LogP contribution in [0.4, 0.5) is 14.9 Å². The van der Waals surface area contributed by atoms with Gasteiger partial charge in [-0.25, -0.2) is 9.18 Å². The first-order chi connectivity index (χ1) is 12.0. The lowest BCUT2D eigenvalue weighted by atomic mass is 9.93. The quantitative estimate of drug-likeness (QED) is 0.888. The lowest BCUT2D eigenvalue weighted by molar-refractivity contribution is -0.115. The topological polar surface area (TPSA) is 67.9 Å². The molecule has 25 heavy (non-hydrogen) atoms. The fourth-order valence-electron chi connectivity index (χ4n) is 3.23. The van der Waals surface area contributed by atoms with E-state index in [1.54, 1.807) is 0 Å². The number of carbonyl (C=O) groups is 2. The number of methoxy groups -OCH3 is 1. The number of nitrogens with zero attached hydrogens (tertiary/aromatic N) is 1. The maximum Gasteiger partial charge on any atom is 0.409 e. The predicted octanol–water partition coefficient (Wildman–Crippen LogP) is 3.39. The van der Waals surface area contributed by atoms with Gasteiger partial charge in [0.05, 0.1) is 17.8 Å². The number of anilines is 1. The van der Waals surface area contributed by atoms with Crippen molar-refractivity contribution in [3.8, 4) is 5.75 Å². The van der Waals surface area contributed by atoms with Crippen LogP contribution in [0.1, 0.15) is 25.7 Å². The van der Waals surface area contributed by atoms with Crippen LogP contribution in [-0.2, 0) is 9.53 Å². The highest BCUT2D eigenvalue weighted by atomic mass is 35.5. The van der Waals surface area contributed by atoms with Gasteiger partial charge in [0.15, 0.2) is 0 Å². The van der Waals surface area contributed by atoms with Crippen molar-refractivity contribution in [3.63, 3.8) is 0 Å². The second-order valence-corrected chi connectivity index (χ2v) is 6.24. The third-order valence-corrected chi connectivity index (χ3v) is 4.72. The molecule has 0 fully saturated rings. The minimum atomic E-state index is -0.969. The van der Waals surface area contributed by atoms with Crippen molar-refractivity contribution in [1.82, 2.24) is 5.32 Å². The second kappa shape index (κ2) is 6.92. The van der Waals surface area contributed by atoms with Crippen molar-refractivity contribution >= 4 is 29.3 Å². The van der Waals surface area contributed by atoms with Crippen LogP contribution in [0.3, 0.4) is 0 Å². The first kappa shape index (κ1) is 17.5. The van der Waals surface area contributed by atoms with Gasteiger partial charge in [-0.2, -0.15) is 0 Å². The molecule has 2 amide bonds. The molecule has 0 spiro atoms. The van der Waals surface area contributed by atoms with E-state index in [0.717, 1.165) is 24.5 Å². The molecule has 2 aliphatic rings. The number of nitrogens with one attached hydrogen (secondary N) is 1. The molecule has 0 saturated heterocycles. The largest absolute Gasteiger partial charge is 0.495 e. The molecule has 3 rings (SSSR count). The summed E-state index contributed by atoms with van der Waals surface area (Å²) in [5.74, 6) is -0.814. The average molecular weight is 369 g/mol. The molecule has 1 aromatic rings. The molecule has 1 N–H and O–H groups in total. The molecule has 6 nitrogen and oxygen atoms in total. The molecule has 0 aromatic heterocycles. The second-order valence-electron chi connectivity index (χ2n) is 5.83. The Labute approximate surface area is 149 Å². The Morgan fingerprint density at radius 2 is 2.08 bits per heavy atom. The number of halogens is 2. The fraction of sp³-hybridized carbons (Fsp3) is 0.412. The lowest BCUT2D eigenvalue weighted by Crippen LogP contribution is -2.41. The van der Waals surface area contributed by atoms with Crippen LogP contribution in [-0.4, -0.2) is 32.4 Å². The lowest BCUT2D eigenvalue weighted by Gasteiger charge is -2.27. The van der Waals surface area contributed by atoms with E-state index in [-0.39, 0.29) is 22.4 Å². The van der Waals surface area contributed by atoms with Crippen LogP contribution in [0.5, 0.6) is 5.75 Å². The van der Waals surface area contributed by atoms with Crippen molar-refractivity contribution in [2.75, 3.05) is 19.1 Å². The van der Waals surface area contributed by atoms with Gasteiger partial charge < -0.3 is 14.8 Å². The molecular formula is C17H18ClFN2O4. The first-order valence-corrected chi connectivity index (χ1v) is 8.32. The number of benzene rings is 1. The maximum atomic E-state index is 14.6.